The van der Waals surface area contributed by atoms with Crippen molar-refractivity contribution >= 4 is 12.1 Å². The van der Waals surface area contributed by atoms with Crippen LogP contribution in [-0.4, -0.2) is 52.0 Å². The summed E-state index contributed by atoms with van der Waals surface area (Å²) in [6.07, 6.45) is 0.917. The summed E-state index contributed by atoms with van der Waals surface area (Å²) in [5.74, 6) is -0.213. The van der Waals surface area contributed by atoms with Gasteiger partial charge in [-0.2, -0.15) is 0 Å². The van der Waals surface area contributed by atoms with Crippen LogP contribution in [0.3, 0.4) is 0 Å². The lowest BCUT2D eigenvalue weighted by Crippen LogP contribution is -2.53. The first-order chi connectivity index (χ1) is 9.64. The molecule has 2 rings (SSSR count). The van der Waals surface area contributed by atoms with Crippen LogP contribution in [0.1, 0.15) is 46.5 Å². The number of aliphatic hydroxyl groups excluding tert-OH is 1. The van der Waals surface area contributed by atoms with Crippen molar-refractivity contribution in [2.45, 2.75) is 58.2 Å². The summed E-state index contributed by atoms with van der Waals surface area (Å²) in [5.41, 5.74) is -1.44. The van der Waals surface area contributed by atoms with Gasteiger partial charge < -0.3 is 19.8 Å². The molecule has 2 fully saturated rings. The monoisotopic (exact) mass is 299 g/mol. The van der Waals surface area contributed by atoms with Gasteiger partial charge in [0, 0.05) is 13.1 Å². The van der Waals surface area contributed by atoms with Crippen LogP contribution < -0.4 is 0 Å². The van der Waals surface area contributed by atoms with Gasteiger partial charge in [0.2, 0.25) is 0 Å². The minimum atomic E-state index is -0.926. The molecule has 6 nitrogen and oxygen atoms in total. The molecule has 1 saturated carbocycles. The maximum atomic E-state index is 12.6. The van der Waals surface area contributed by atoms with Crippen LogP contribution in [-0.2, 0) is 9.53 Å². The SMILES string of the molecule is CC(C)(C)OC(=O)C1(CC2CN(C(=O)O)C2)CCCC1O. The fraction of sp³-hybridized carbons (Fsp3) is 0.867. The highest BCUT2D eigenvalue weighted by molar-refractivity contribution is 5.78. The molecular weight excluding hydrogens is 274 g/mol. The fourth-order valence-electron chi connectivity index (χ4n) is 3.36. The quantitative estimate of drug-likeness (QED) is 0.777. The van der Waals surface area contributed by atoms with Crippen molar-refractivity contribution in [1.29, 1.82) is 0 Å². The first kappa shape index (κ1) is 16.1. The Bertz CT molecular complexity index is 424. The molecule has 2 N–H and O–H groups in total. The molecule has 0 radical (unpaired) electrons. The molecule has 1 aliphatic carbocycles. The summed E-state index contributed by atoms with van der Waals surface area (Å²) >= 11 is 0. The van der Waals surface area contributed by atoms with Crippen molar-refractivity contribution in [3.05, 3.63) is 0 Å². The number of carbonyl (C=O) groups is 2. The predicted molar refractivity (Wildman–Crippen MR) is 75.8 cm³/mol. The van der Waals surface area contributed by atoms with Crippen LogP contribution in [0.15, 0.2) is 0 Å². The molecule has 1 heterocycles. The lowest BCUT2D eigenvalue weighted by atomic mass is 9.74. The first-order valence-corrected chi connectivity index (χ1v) is 7.53. The predicted octanol–water partition coefficient (Wildman–Crippen LogP) is 1.86. The number of ether oxygens (including phenoxy) is 1. The van der Waals surface area contributed by atoms with E-state index in [0.717, 1.165) is 6.42 Å². The number of esters is 1. The summed E-state index contributed by atoms with van der Waals surface area (Å²) in [4.78, 5) is 24.7. The van der Waals surface area contributed by atoms with Crippen LogP contribution >= 0.6 is 0 Å². The highest BCUT2D eigenvalue weighted by atomic mass is 16.6. The first-order valence-electron chi connectivity index (χ1n) is 7.53. The van der Waals surface area contributed by atoms with Crippen LogP contribution in [0.4, 0.5) is 4.79 Å². The molecule has 0 aromatic heterocycles. The average molecular weight is 299 g/mol. The highest BCUT2D eigenvalue weighted by Gasteiger charge is 2.53. The Balaban J connectivity index is 2.05. The zero-order valence-corrected chi connectivity index (χ0v) is 13.0. The number of hydrogen-bond acceptors (Lipinski definition) is 4. The maximum Gasteiger partial charge on any atom is 0.407 e. The third-order valence-electron chi connectivity index (χ3n) is 4.42. The number of carbonyl (C=O) groups excluding carboxylic acids is 1. The molecule has 120 valence electrons. The van der Waals surface area contributed by atoms with Gasteiger partial charge >= 0.3 is 12.1 Å². The van der Waals surface area contributed by atoms with Crippen molar-refractivity contribution in [2.24, 2.45) is 11.3 Å². The standard InChI is InChI=1S/C15H25NO5/c1-14(2,3)21-12(18)15(6-4-5-11(15)17)7-10-8-16(9-10)13(19)20/h10-11,17H,4-9H2,1-3H3,(H,19,20). The van der Waals surface area contributed by atoms with Crippen molar-refractivity contribution < 1.29 is 24.5 Å². The Morgan fingerprint density at radius 3 is 2.38 bits per heavy atom. The van der Waals surface area contributed by atoms with E-state index in [-0.39, 0.29) is 11.9 Å². The Hall–Kier alpha value is -1.30. The number of hydrogen-bond donors (Lipinski definition) is 2. The molecule has 0 aromatic carbocycles. The van der Waals surface area contributed by atoms with Gasteiger partial charge in [0.15, 0.2) is 0 Å². The molecular formula is C15H25NO5. The number of rotatable bonds is 3. The van der Waals surface area contributed by atoms with Crippen molar-refractivity contribution in [1.82, 2.24) is 4.90 Å². The van der Waals surface area contributed by atoms with Gasteiger partial charge in [0.25, 0.3) is 0 Å². The third kappa shape index (κ3) is 3.31. The topological polar surface area (TPSA) is 87.1 Å². The number of amides is 1. The molecule has 2 aliphatic rings. The Labute approximate surface area is 125 Å². The van der Waals surface area contributed by atoms with Gasteiger partial charge in [0.05, 0.1) is 11.5 Å². The second-order valence-corrected chi connectivity index (χ2v) is 7.32. The molecule has 0 bridgehead atoms. The van der Waals surface area contributed by atoms with E-state index >= 15 is 0 Å². The summed E-state index contributed by atoms with van der Waals surface area (Å²) in [6, 6.07) is 0. The summed E-state index contributed by atoms with van der Waals surface area (Å²) in [7, 11) is 0. The Morgan fingerprint density at radius 2 is 1.95 bits per heavy atom. The van der Waals surface area contributed by atoms with Crippen LogP contribution in [0.25, 0.3) is 0 Å². The second-order valence-electron chi connectivity index (χ2n) is 7.32. The number of likely N-dealkylation sites (tertiary alicyclic amines) is 1. The van der Waals surface area contributed by atoms with Crippen LogP contribution in [0.5, 0.6) is 0 Å². The average Bonchev–Trinajstić information content (AvgIpc) is 2.63. The highest BCUT2D eigenvalue weighted by Crippen LogP contribution is 2.46. The summed E-state index contributed by atoms with van der Waals surface area (Å²) < 4.78 is 5.51. The smallest absolute Gasteiger partial charge is 0.407 e. The molecule has 1 aliphatic heterocycles. The van der Waals surface area contributed by atoms with Crippen molar-refractivity contribution in [3.63, 3.8) is 0 Å². The normalized spacial score (nSPS) is 30.1. The zero-order chi connectivity index (χ0) is 15.8. The van der Waals surface area contributed by atoms with Crippen molar-refractivity contribution in [3.8, 4) is 0 Å². The number of carboxylic acid groups (broad SMARTS) is 1. The number of nitrogens with zero attached hydrogens (tertiary/aromatic N) is 1. The van der Waals surface area contributed by atoms with Crippen LogP contribution in [0, 0.1) is 11.3 Å². The zero-order valence-electron chi connectivity index (χ0n) is 13.0. The minimum absolute atomic E-state index is 0.126. The molecule has 21 heavy (non-hydrogen) atoms. The molecule has 0 spiro atoms. The van der Waals surface area contributed by atoms with Crippen molar-refractivity contribution in [2.75, 3.05) is 13.1 Å². The Morgan fingerprint density at radius 1 is 1.33 bits per heavy atom. The lowest BCUT2D eigenvalue weighted by molar-refractivity contribution is -0.176. The molecule has 6 heteroatoms. The van der Waals surface area contributed by atoms with Gasteiger partial charge in [-0.1, -0.05) is 0 Å². The third-order valence-corrected chi connectivity index (χ3v) is 4.42. The fourth-order valence-corrected chi connectivity index (χ4v) is 3.36. The van der Waals surface area contributed by atoms with Crippen LogP contribution in [0.2, 0.25) is 0 Å². The Kier molecular flexibility index (Phi) is 4.19. The number of aliphatic hydroxyl groups is 1. The molecule has 2 unspecified atom stereocenters. The van der Waals surface area contributed by atoms with E-state index in [4.69, 9.17) is 9.84 Å². The van der Waals surface area contributed by atoms with E-state index in [0.29, 0.717) is 32.4 Å². The largest absolute Gasteiger partial charge is 0.465 e. The minimum Gasteiger partial charge on any atom is -0.465 e. The molecule has 0 aromatic rings. The maximum absolute atomic E-state index is 12.6. The van der Waals surface area contributed by atoms with E-state index < -0.39 is 23.2 Å². The van der Waals surface area contributed by atoms with Gasteiger partial charge in [-0.05, 0) is 52.4 Å². The van der Waals surface area contributed by atoms with Gasteiger partial charge in [-0.15, -0.1) is 0 Å². The van der Waals surface area contributed by atoms with E-state index in [1.165, 1.54) is 4.90 Å². The van der Waals surface area contributed by atoms with E-state index in [1.807, 2.05) is 20.8 Å². The summed E-state index contributed by atoms with van der Waals surface area (Å²) in [6.45, 7) is 6.32. The van der Waals surface area contributed by atoms with E-state index in [9.17, 15) is 14.7 Å². The molecule has 2 atom stereocenters. The van der Waals surface area contributed by atoms with Gasteiger partial charge in [-0.25, -0.2) is 4.79 Å². The van der Waals surface area contributed by atoms with E-state index in [1.54, 1.807) is 0 Å². The van der Waals surface area contributed by atoms with Gasteiger partial charge in [-0.3, -0.25) is 4.79 Å². The summed E-state index contributed by atoms with van der Waals surface area (Å²) in [5, 5.41) is 19.2. The second kappa shape index (κ2) is 5.48. The van der Waals surface area contributed by atoms with Gasteiger partial charge in [0.1, 0.15) is 5.60 Å². The lowest BCUT2D eigenvalue weighted by Gasteiger charge is -2.43. The van der Waals surface area contributed by atoms with E-state index in [2.05, 4.69) is 0 Å². The molecule has 1 saturated heterocycles. The molecule has 1 amide bonds.